The third-order valence-electron chi connectivity index (χ3n) is 2.66. The molecule has 1 heterocycles. The van der Waals surface area contributed by atoms with E-state index in [9.17, 15) is 4.79 Å². The zero-order valence-corrected chi connectivity index (χ0v) is 15.1. The Balaban J connectivity index is 0. The van der Waals surface area contributed by atoms with Crippen molar-refractivity contribution in [2.45, 2.75) is 40.5 Å². The fraction of sp³-hybridized carbons (Fsp3) is 0.389. The van der Waals surface area contributed by atoms with Gasteiger partial charge in [-0.3, -0.25) is 10.2 Å². The van der Waals surface area contributed by atoms with Crippen molar-refractivity contribution in [3.63, 3.8) is 0 Å². The van der Waals surface area contributed by atoms with E-state index in [-0.39, 0.29) is 5.91 Å². The maximum Gasteiger partial charge on any atom is 0.234 e. The molecule has 0 radical (unpaired) electrons. The topological polar surface area (TPSA) is 82.9 Å². The normalized spacial score (nSPS) is 8.26. The van der Waals surface area contributed by atoms with Crippen LogP contribution in [0.4, 0.5) is 0 Å². The van der Waals surface area contributed by atoms with Crippen LogP contribution in [0.5, 0.6) is 0 Å². The molecule has 0 aliphatic rings. The van der Waals surface area contributed by atoms with E-state index in [0.717, 1.165) is 11.1 Å². The van der Waals surface area contributed by atoms with Crippen molar-refractivity contribution in [1.82, 2.24) is 15.7 Å². The van der Waals surface area contributed by atoms with Gasteiger partial charge in [0.15, 0.2) is 0 Å². The molecule has 130 valence electrons. The number of hydrogen-bond donors (Lipinski definition) is 4. The van der Waals surface area contributed by atoms with E-state index < -0.39 is 0 Å². The molecular formula is C18H32N4O. The SMILES string of the molecule is C=CNC.CC.CC.NNC(=O)CCc1c[nH]c2ccccc12. The number of amides is 1. The summed E-state index contributed by atoms with van der Waals surface area (Å²) in [5, 5.41) is 3.86. The van der Waals surface area contributed by atoms with Crippen LogP contribution in [0.2, 0.25) is 0 Å². The van der Waals surface area contributed by atoms with Crippen LogP contribution in [0.3, 0.4) is 0 Å². The van der Waals surface area contributed by atoms with E-state index in [1.807, 2.05) is 65.2 Å². The zero-order valence-electron chi connectivity index (χ0n) is 15.1. The molecule has 5 N–H and O–H groups in total. The molecule has 23 heavy (non-hydrogen) atoms. The van der Waals surface area contributed by atoms with Gasteiger partial charge >= 0.3 is 0 Å². The first-order chi connectivity index (χ1) is 11.2. The molecule has 0 fully saturated rings. The Kier molecular flexibility index (Phi) is 16.1. The summed E-state index contributed by atoms with van der Waals surface area (Å²) in [6.07, 6.45) is 4.68. The van der Waals surface area contributed by atoms with Crippen molar-refractivity contribution in [2.75, 3.05) is 7.05 Å². The molecule has 5 heteroatoms. The molecule has 0 spiro atoms. The number of aromatic nitrogens is 1. The van der Waals surface area contributed by atoms with E-state index in [2.05, 4.69) is 22.3 Å². The minimum absolute atomic E-state index is 0.139. The highest BCUT2D eigenvalue weighted by atomic mass is 16.2. The summed E-state index contributed by atoms with van der Waals surface area (Å²) in [5.74, 6) is 4.88. The summed E-state index contributed by atoms with van der Waals surface area (Å²) in [7, 11) is 1.81. The molecule has 0 unspecified atom stereocenters. The van der Waals surface area contributed by atoms with Crippen LogP contribution < -0.4 is 16.6 Å². The average molecular weight is 320 g/mol. The monoisotopic (exact) mass is 320 g/mol. The maximum atomic E-state index is 11.0. The second-order valence-electron chi connectivity index (χ2n) is 3.92. The number of nitrogens with two attached hydrogens (primary N) is 1. The Bertz CT molecular complexity index is 535. The Hall–Kier alpha value is -2.27. The fourth-order valence-electron chi connectivity index (χ4n) is 1.66. The number of carbonyl (C=O) groups is 1. The molecule has 5 nitrogen and oxygen atoms in total. The van der Waals surface area contributed by atoms with Gasteiger partial charge in [-0.1, -0.05) is 52.5 Å². The molecule has 0 saturated carbocycles. The van der Waals surface area contributed by atoms with Crippen LogP contribution in [-0.4, -0.2) is 17.9 Å². The van der Waals surface area contributed by atoms with Gasteiger partial charge in [0, 0.05) is 30.6 Å². The number of nitrogens with one attached hydrogen (secondary N) is 3. The third-order valence-corrected chi connectivity index (χ3v) is 2.66. The van der Waals surface area contributed by atoms with E-state index in [0.29, 0.717) is 12.8 Å². The minimum atomic E-state index is -0.139. The van der Waals surface area contributed by atoms with Gasteiger partial charge in [-0.2, -0.15) is 0 Å². The van der Waals surface area contributed by atoms with E-state index in [4.69, 9.17) is 5.84 Å². The lowest BCUT2D eigenvalue weighted by molar-refractivity contribution is -0.121. The average Bonchev–Trinajstić information content (AvgIpc) is 3.06. The Morgan fingerprint density at radius 3 is 2.35 bits per heavy atom. The van der Waals surface area contributed by atoms with Crippen molar-refractivity contribution < 1.29 is 4.79 Å². The number of rotatable bonds is 4. The van der Waals surface area contributed by atoms with Gasteiger partial charge in [-0.25, -0.2) is 5.84 Å². The standard InChI is InChI=1S/C11H13N3O.C3H7N.2C2H6/c12-14-11(15)6-5-8-7-13-10-4-2-1-3-9(8)10;1-3-4-2;2*1-2/h1-4,7,13H,5-6,12H2,(H,14,15);3-4H,1H2,2H3;2*1-2H3. The highest BCUT2D eigenvalue weighted by molar-refractivity contribution is 5.84. The summed E-state index contributed by atoms with van der Waals surface area (Å²) in [4.78, 5) is 14.2. The minimum Gasteiger partial charge on any atom is -0.394 e. The van der Waals surface area contributed by atoms with Gasteiger partial charge in [0.25, 0.3) is 0 Å². The number of benzene rings is 1. The van der Waals surface area contributed by atoms with Gasteiger partial charge in [0.2, 0.25) is 5.91 Å². The maximum absolute atomic E-state index is 11.0. The quantitative estimate of drug-likeness (QED) is 0.395. The third kappa shape index (κ3) is 9.37. The van der Waals surface area contributed by atoms with Crippen LogP contribution in [0, 0.1) is 0 Å². The Morgan fingerprint density at radius 2 is 1.83 bits per heavy atom. The summed E-state index contributed by atoms with van der Waals surface area (Å²) in [6, 6.07) is 8.03. The van der Waals surface area contributed by atoms with Crippen molar-refractivity contribution in [2.24, 2.45) is 5.84 Å². The first kappa shape index (κ1) is 23.0. The fourth-order valence-corrected chi connectivity index (χ4v) is 1.66. The summed E-state index contributed by atoms with van der Waals surface area (Å²) in [5.41, 5.74) is 4.37. The number of fused-ring (bicyclic) bond motifs is 1. The lowest BCUT2D eigenvalue weighted by Crippen LogP contribution is -2.30. The molecule has 0 atom stereocenters. The molecule has 1 aromatic heterocycles. The molecule has 0 aliphatic carbocycles. The van der Waals surface area contributed by atoms with E-state index >= 15 is 0 Å². The zero-order chi connectivity index (χ0) is 18.1. The van der Waals surface area contributed by atoms with Gasteiger partial charge in [0.05, 0.1) is 0 Å². The highest BCUT2D eigenvalue weighted by Crippen LogP contribution is 2.18. The van der Waals surface area contributed by atoms with Crippen LogP contribution in [0.1, 0.15) is 39.7 Å². The lowest BCUT2D eigenvalue weighted by Gasteiger charge is -1.98. The van der Waals surface area contributed by atoms with Crippen LogP contribution in [-0.2, 0) is 11.2 Å². The summed E-state index contributed by atoms with van der Waals surface area (Å²) in [6.45, 7) is 11.4. The number of hydrogen-bond acceptors (Lipinski definition) is 3. The molecule has 0 bridgehead atoms. The van der Waals surface area contributed by atoms with E-state index in [1.54, 1.807) is 6.20 Å². The summed E-state index contributed by atoms with van der Waals surface area (Å²) < 4.78 is 0. The summed E-state index contributed by atoms with van der Waals surface area (Å²) >= 11 is 0. The van der Waals surface area contributed by atoms with Crippen molar-refractivity contribution >= 4 is 16.8 Å². The van der Waals surface area contributed by atoms with Gasteiger partial charge in [-0.05, 0) is 24.3 Å². The number of carbonyl (C=O) groups excluding carboxylic acids is 1. The van der Waals surface area contributed by atoms with Gasteiger partial charge in [0.1, 0.15) is 0 Å². The molecule has 2 aromatic rings. The highest BCUT2D eigenvalue weighted by Gasteiger charge is 2.04. The van der Waals surface area contributed by atoms with Crippen LogP contribution in [0.15, 0.2) is 43.2 Å². The molecule has 2 rings (SSSR count). The van der Waals surface area contributed by atoms with Crippen LogP contribution in [0.25, 0.3) is 10.9 Å². The molecule has 1 aromatic carbocycles. The second kappa shape index (κ2) is 16.1. The van der Waals surface area contributed by atoms with Crippen LogP contribution >= 0.6 is 0 Å². The van der Waals surface area contributed by atoms with Crippen molar-refractivity contribution in [3.8, 4) is 0 Å². The first-order valence-electron chi connectivity index (χ1n) is 8.05. The largest absolute Gasteiger partial charge is 0.394 e. The van der Waals surface area contributed by atoms with Gasteiger partial charge in [-0.15, -0.1) is 0 Å². The van der Waals surface area contributed by atoms with Crippen molar-refractivity contribution in [1.29, 1.82) is 0 Å². The van der Waals surface area contributed by atoms with Crippen molar-refractivity contribution in [3.05, 3.63) is 48.8 Å². The molecule has 0 saturated heterocycles. The van der Waals surface area contributed by atoms with Gasteiger partial charge < -0.3 is 10.3 Å². The second-order valence-corrected chi connectivity index (χ2v) is 3.92. The Morgan fingerprint density at radius 1 is 1.26 bits per heavy atom. The first-order valence-corrected chi connectivity index (χ1v) is 8.05. The number of H-pyrrole nitrogens is 1. The molecular weight excluding hydrogens is 288 g/mol. The molecule has 1 amide bonds. The smallest absolute Gasteiger partial charge is 0.234 e. The lowest BCUT2D eigenvalue weighted by atomic mass is 10.1. The predicted octanol–water partition coefficient (Wildman–Crippen LogP) is 3.49. The van der Waals surface area contributed by atoms with E-state index in [1.165, 1.54) is 5.39 Å². The number of para-hydroxylation sites is 1. The number of hydrazine groups is 1. The number of aryl methyl sites for hydroxylation is 1. The molecule has 0 aliphatic heterocycles. The number of aromatic amines is 1. The Labute approximate surface area is 140 Å². The predicted molar refractivity (Wildman–Crippen MR) is 101 cm³/mol.